The summed E-state index contributed by atoms with van der Waals surface area (Å²) in [6, 6.07) is 4.82. The zero-order valence-electron chi connectivity index (χ0n) is 9.53. The van der Waals surface area contributed by atoms with E-state index in [4.69, 9.17) is 4.74 Å². The summed E-state index contributed by atoms with van der Waals surface area (Å²) in [5, 5.41) is 13.9. The van der Waals surface area contributed by atoms with Crippen molar-refractivity contribution in [2.45, 2.75) is 20.3 Å². The summed E-state index contributed by atoms with van der Waals surface area (Å²) >= 11 is 0. The number of ether oxygens (including phenoxy) is 1. The van der Waals surface area contributed by atoms with E-state index in [1.54, 1.807) is 19.1 Å². The number of benzene rings is 1. The predicted octanol–water partition coefficient (Wildman–Crippen LogP) is 2.82. The Bertz CT molecular complexity index is 366. The third-order valence-corrected chi connectivity index (χ3v) is 2.04. The first-order chi connectivity index (χ1) is 7.69. The van der Waals surface area contributed by atoms with Crippen LogP contribution in [0.25, 0.3) is 0 Å². The van der Waals surface area contributed by atoms with Crippen LogP contribution in [0.5, 0.6) is 5.75 Å². The van der Waals surface area contributed by atoms with Crippen molar-refractivity contribution in [3.63, 3.8) is 0 Å². The lowest BCUT2D eigenvalue weighted by molar-refractivity contribution is -0.385. The van der Waals surface area contributed by atoms with Gasteiger partial charge < -0.3 is 10.1 Å². The highest BCUT2D eigenvalue weighted by Crippen LogP contribution is 2.29. The largest absolute Gasteiger partial charge is 0.487 e. The molecule has 0 saturated carbocycles. The molecule has 1 aromatic carbocycles. The molecule has 1 rings (SSSR count). The third-order valence-electron chi connectivity index (χ3n) is 2.04. The fourth-order valence-corrected chi connectivity index (χ4v) is 1.32. The smallest absolute Gasteiger partial charge is 0.311 e. The van der Waals surface area contributed by atoms with Gasteiger partial charge in [0.15, 0.2) is 5.75 Å². The molecule has 0 amide bonds. The second-order valence-corrected chi connectivity index (χ2v) is 3.30. The Kier molecular flexibility index (Phi) is 4.57. The first kappa shape index (κ1) is 12.3. The van der Waals surface area contributed by atoms with Crippen LogP contribution in [-0.2, 0) is 0 Å². The Hall–Kier alpha value is -1.78. The number of hydrogen-bond donors (Lipinski definition) is 1. The molecule has 5 nitrogen and oxygen atoms in total. The maximum atomic E-state index is 10.7. The Morgan fingerprint density at radius 3 is 2.75 bits per heavy atom. The summed E-state index contributed by atoms with van der Waals surface area (Å²) in [6.07, 6.45) is 1.00. The predicted molar refractivity (Wildman–Crippen MR) is 63.0 cm³/mol. The molecule has 0 aliphatic carbocycles. The quantitative estimate of drug-likeness (QED) is 0.596. The van der Waals surface area contributed by atoms with Gasteiger partial charge in [0.05, 0.1) is 11.5 Å². The summed E-state index contributed by atoms with van der Waals surface area (Å²) in [5.74, 6) is 0.314. The second-order valence-electron chi connectivity index (χ2n) is 3.30. The standard InChI is InChI=1S/C11H16N2O3/c1-3-7-12-9-5-6-10(13(14)15)11(8-9)16-4-2/h5-6,8,12H,3-4,7H2,1-2H3. The van der Waals surface area contributed by atoms with Gasteiger partial charge in [-0.3, -0.25) is 10.1 Å². The lowest BCUT2D eigenvalue weighted by Gasteiger charge is -2.08. The van der Waals surface area contributed by atoms with Crippen molar-refractivity contribution in [1.82, 2.24) is 0 Å². The number of nitro groups is 1. The SMILES string of the molecule is CCCNc1ccc([N+](=O)[O-])c(OCC)c1. The Balaban J connectivity index is 2.92. The molecule has 0 aliphatic rings. The highest BCUT2D eigenvalue weighted by atomic mass is 16.6. The third kappa shape index (κ3) is 3.12. The summed E-state index contributed by atoms with van der Waals surface area (Å²) in [6.45, 7) is 5.11. The van der Waals surface area contributed by atoms with Crippen LogP contribution in [0.4, 0.5) is 11.4 Å². The highest BCUT2D eigenvalue weighted by molar-refractivity contribution is 5.57. The zero-order valence-corrected chi connectivity index (χ0v) is 9.53. The number of rotatable bonds is 6. The van der Waals surface area contributed by atoms with E-state index in [9.17, 15) is 10.1 Å². The number of anilines is 1. The molecule has 0 spiro atoms. The Morgan fingerprint density at radius 2 is 2.19 bits per heavy atom. The van der Waals surface area contributed by atoms with Crippen LogP contribution >= 0.6 is 0 Å². The van der Waals surface area contributed by atoms with Crippen LogP contribution in [0.2, 0.25) is 0 Å². The van der Waals surface area contributed by atoms with Gasteiger partial charge in [-0.25, -0.2) is 0 Å². The molecule has 0 fully saturated rings. The van der Waals surface area contributed by atoms with Crippen molar-refractivity contribution in [2.75, 3.05) is 18.5 Å². The van der Waals surface area contributed by atoms with Gasteiger partial charge in [-0.1, -0.05) is 6.92 Å². The van der Waals surface area contributed by atoms with Crippen LogP contribution in [0, 0.1) is 10.1 Å². The summed E-state index contributed by atoms with van der Waals surface area (Å²) < 4.78 is 5.24. The van der Waals surface area contributed by atoms with Crippen molar-refractivity contribution in [2.24, 2.45) is 0 Å². The number of hydrogen-bond acceptors (Lipinski definition) is 4. The molecular weight excluding hydrogens is 208 g/mol. The van der Waals surface area contributed by atoms with Crippen LogP contribution in [0.3, 0.4) is 0 Å². The summed E-state index contributed by atoms with van der Waals surface area (Å²) in [7, 11) is 0. The molecule has 0 radical (unpaired) electrons. The molecule has 0 unspecified atom stereocenters. The molecule has 88 valence electrons. The van der Waals surface area contributed by atoms with Gasteiger partial charge in [-0.2, -0.15) is 0 Å². The molecule has 0 bridgehead atoms. The fraction of sp³-hybridized carbons (Fsp3) is 0.455. The Morgan fingerprint density at radius 1 is 1.44 bits per heavy atom. The van der Waals surface area contributed by atoms with E-state index in [1.165, 1.54) is 6.07 Å². The van der Waals surface area contributed by atoms with Crippen LogP contribution in [-0.4, -0.2) is 18.1 Å². The van der Waals surface area contributed by atoms with Gasteiger partial charge in [-0.05, 0) is 19.4 Å². The maximum absolute atomic E-state index is 10.7. The van der Waals surface area contributed by atoms with Gasteiger partial charge >= 0.3 is 5.69 Å². The summed E-state index contributed by atoms with van der Waals surface area (Å²) in [4.78, 5) is 10.3. The van der Waals surface area contributed by atoms with E-state index in [0.29, 0.717) is 12.4 Å². The molecule has 0 atom stereocenters. The average Bonchev–Trinajstić information content (AvgIpc) is 2.26. The minimum Gasteiger partial charge on any atom is -0.487 e. The van der Waals surface area contributed by atoms with Gasteiger partial charge in [0.25, 0.3) is 0 Å². The van der Waals surface area contributed by atoms with E-state index < -0.39 is 4.92 Å². The topological polar surface area (TPSA) is 64.4 Å². The molecule has 1 aromatic rings. The minimum atomic E-state index is -0.436. The van der Waals surface area contributed by atoms with Crippen LogP contribution in [0.1, 0.15) is 20.3 Å². The summed E-state index contributed by atoms with van der Waals surface area (Å²) in [5.41, 5.74) is 0.847. The van der Waals surface area contributed by atoms with Crippen LogP contribution < -0.4 is 10.1 Å². The van der Waals surface area contributed by atoms with Gasteiger partial charge in [-0.15, -0.1) is 0 Å². The number of nitrogens with one attached hydrogen (secondary N) is 1. The lowest BCUT2D eigenvalue weighted by atomic mass is 10.2. The normalized spacial score (nSPS) is 9.88. The van der Waals surface area contributed by atoms with E-state index in [2.05, 4.69) is 12.2 Å². The first-order valence-corrected chi connectivity index (χ1v) is 5.34. The molecule has 16 heavy (non-hydrogen) atoms. The maximum Gasteiger partial charge on any atom is 0.311 e. The van der Waals surface area contributed by atoms with Gasteiger partial charge in [0.2, 0.25) is 0 Å². The van der Waals surface area contributed by atoms with Gasteiger partial charge in [0.1, 0.15) is 0 Å². The molecule has 0 saturated heterocycles. The first-order valence-electron chi connectivity index (χ1n) is 5.34. The molecule has 0 aliphatic heterocycles. The van der Waals surface area contributed by atoms with Crippen molar-refractivity contribution in [3.8, 4) is 5.75 Å². The minimum absolute atomic E-state index is 0.00361. The van der Waals surface area contributed by atoms with E-state index in [1.807, 2.05) is 0 Å². The van der Waals surface area contributed by atoms with Crippen molar-refractivity contribution in [3.05, 3.63) is 28.3 Å². The van der Waals surface area contributed by atoms with Crippen molar-refractivity contribution in [1.29, 1.82) is 0 Å². The van der Waals surface area contributed by atoms with E-state index >= 15 is 0 Å². The Labute approximate surface area is 94.6 Å². The van der Waals surface area contributed by atoms with Gasteiger partial charge in [0, 0.05) is 24.4 Å². The molecule has 1 N–H and O–H groups in total. The molecule has 0 aromatic heterocycles. The molecule has 0 heterocycles. The number of nitro benzene ring substituents is 1. The van der Waals surface area contributed by atoms with Crippen LogP contribution in [0.15, 0.2) is 18.2 Å². The molecular formula is C11H16N2O3. The fourth-order valence-electron chi connectivity index (χ4n) is 1.32. The average molecular weight is 224 g/mol. The highest BCUT2D eigenvalue weighted by Gasteiger charge is 2.14. The monoisotopic (exact) mass is 224 g/mol. The van der Waals surface area contributed by atoms with E-state index in [-0.39, 0.29) is 5.69 Å². The second kappa shape index (κ2) is 5.95. The zero-order chi connectivity index (χ0) is 12.0. The molecule has 5 heteroatoms. The van der Waals surface area contributed by atoms with Crippen molar-refractivity contribution >= 4 is 11.4 Å². The van der Waals surface area contributed by atoms with Crippen molar-refractivity contribution < 1.29 is 9.66 Å². The van der Waals surface area contributed by atoms with E-state index in [0.717, 1.165) is 18.7 Å². The number of nitrogens with zero attached hydrogens (tertiary/aromatic N) is 1. The lowest BCUT2D eigenvalue weighted by Crippen LogP contribution is -2.02.